The summed E-state index contributed by atoms with van der Waals surface area (Å²) < 4.78 is 11.0. The van der Waals surface area contributed by atoms with Crippen LogP contribution in [0.4, 0.5) is 0 Å². The largest absolute Gasteiger partial charge is 0.480 e. The third-order valence-corrected chi connectivity index (χ3v) is 3.47. The first-order chi connectivity index (χ1) is 8.35. The summed E-state index contributed by atoms with van der Waals surface area (Å²) in [5.41, 5.74) is 0.0884. The molecule has 0 amide bonds. The van der Waals surface area contributed by atoms with E-state index in [1.165, 1.54) is 7.11 Å². The predicted molar refractivity (Wildman–Crippen MR) is 63.5 cm³/mol. The molecule has 0 bridgehead atoms. The molecule has 1 fully saturated rings. The van der Waals surface area contributed by atoms with Crippen molar-refractivity contribution >= 4 is 19.3 Å². The topological polar surface area (TPSA) is 128 Å². The second-order valence-electron chi connectivity index (χ2n) is 4.11. The zero-order valence-corrected chi connectivity index (χ0v) is 10.8. The molecule has 1 rings (SSSR count). The minimum absolute atomic E-state index is 0.0884. The van der Waals surface area contributed by atoms with Gasteiger partial charge in [-0.3, -0.25) is 9.36 Å². The first-order valence-corrected chi connectivity index (χ1v) is 7.25. The van der Waals surface area contributed by atoms with Gasteiger partial charge in [0.2, 0.25) is 0 Å². The highest BCUT2D eigenvalue weighted by atomic mass is 31.2. The van der Waals surface area contributed by atoms with Crippen LogP contribution in [-0.4, -0.2) is 52.4 Å². The van der Waals surface area contributed by atoms with Gasteiger partial charge in [-0.1, -0.05) is 5.16 Å². The summed E-state index contributed by atoms with van der Waals surface area (Å²) in [4.78, 5) is 33.6. The fourth-order valence-electron chi connectivity index (χ4n) is 2.05. The first-order valence-electron chi connectivity index (χ1n) is 5.46. The number of rotatable bonds is 5. The fourth-order valence-corrected chi connectivity index (χ4v) is 2.76. The summed E-state index contributed by atoms with van der Waals surface area (Å²) >= 11 is 0. The molecule has 8 nitrogen and oxygen atoms in total. The molecule has 0 spiro atoms. The molecule has 1 saturated heterocycles. The number of piperidine rings is 1. The van der Waals surface area contributed by atoms with Gasteiger partial charge in [-0.05, 0) is 19.4 Å². The van der Waals surface area contributed by atoms with Gasteiger partial charge in [0.1, 0.15) is 13.2 Å². The average molecular weight is 280 g/mol. The number of aliphatic carboxylic acids is 1. The van der Waals surface area contributed by atoms with Gasteiger partial charge in [0.05, 0.1) is 11.9 Å². The van der Waals surface area contributed by atoms with E-state index in [0.29, 0.717) is 13.0 Å². The Labute approximate surface area is 104 Å². The average Bonchev–Trinajstić information content (AvgIpc) is 2.26. The lowest BCUT2D eigenvalue weighted by molar-refractivity contribution is -0.140. The van der Waals surface area contributed by atoms with E-state index in [0.717, 1.165) is 6.42 Å². The number of carboxylic acids is 1. The van der Waals surface area contributed by atoms with Crippen LogP contribution >= 0.6 is 7.60 Å². The summed E-state index contributed by atoms with van der Waals surface area (Å²) in [6.45, 7) is 0.559. The number of oxime groups is 1. The third-order valence-electron chi connectivity index (χ3n) is 2.73. The third kappa shape index (κ3) is 4.38. The van der Waals surface area contributed by atoms with E-state index in [1.54, 1.807) is 0 Å². The van der Waals surface area contributed by atoms with Crippen molar-refractivity contribution in [2.75, 3.05) is 19.8 Å². The fraction of sp³-hybridized carbons (Fsp3) is 0.778. The first kappa shape index (κ1) is 15.1. The normalized spacial score (nSPS) is 25.8. The van der Waals surface area contributed by atoms with Crippen LogP contribution in [0.15, 0.2) is 5.16 Å². The van der Waals surface area contributed by atoms with E-state index < -0.39 is 31.7 Å². The molecule has 0 aromatic heterocycles. The number of carboxylic acid groups (broad SMARTS) is 1. The number of carbonyl (C=O) groups is 1. The Morgan fingerprint density at radius 2 is 2.22 bits per heavy atom. The molecule has 0 radical (unpaired) electrons. The minimum Gasteiger partial charge on any atom is -0.480 e. The maximum Gasteiger partial charge on any atom is 0.331 e. The number of hydrogen-bond acceptors (Lipinski definition) is 5. The van der Waals surface area contributed by atoms with Gasteiger partial charge >= 0.3 is 13.6 Å². The maximum atomic E-state index is 11.1. The van der Waals surface area contributed by atoms with Gasteiger partial charge in [-0.2, -0.15) is 0 Å². The molecule has 0 aromatic carbocycles. The van der Waals surface area contributed by atoms with Crippen molar-refractivity contribution in [1.29, 1.82) is 0 Å². The second-order valence-corrected chi connectivity index (χ2v) is 5.75. The van der Waals surface area contributed by atoms with Crippen LogP contribution in [0.3, 0.4) is 0 Å². The van der Waals surface area contributed by atoms with Gasteiger partial charge in [-0.15, -0.1) is 0 Å². The van der Waals surface area contributed by atoms with Crippen molar-refractivity contribution in [3.05, 3.63) is 0 Å². The van der Waals surface area contributed by atoms with Gasteiger partial charge in [0.25, 0.3) is 0 Å². The van der Waals surface area contributed by atoms with E-state index in [2.05, 4.69) is 15.3 Å². The second kappa shape index (κ2) is 6.29. The Bertz CT molecular complexity index is 379. The van der Waals surface area contributed by atoms with Gasteiger partial charge in [0, 0.05) is 5.92 Å². The number of hydrogen-bond donors (Lipinski definition) is 4. The molecular formula is C9H17N2O6P. The highest BCUT2D eigenvalue weighted by molar-refractivity contribution is 7.52. The van der Waals surface area contributed by atoms with Crippen LogP contribution in [0, 0.1) is 5.92 Å². The molecule has 0 saturated carbocycles. The van der Waals surface area contributed by atoms with Crippen molar-refractivity contribution in [2.24, 2.45) is 11.1 Å². The minimum atomic E-state index is -4.31. The SMILES string of the molecule is CON=C(CP(=O)(O)O)C1CCCNC1C(=O)O. The molecule has 4 N–H and O–H groups in total. The molecule has 2 unspecified atom stereocenters. The smallest absolute Gasteiger partial charge is 0.331 e. The van der Waals surface area contributed by atoms with E-state index in [9.17, 15) is 9.36 Å². The Kier molecular flexibility index (Phi) is 5.28. The lowest BCUT2D eigenvalue weighted by atomic mass is 9.87. The van der Waals surface area contributed by atoms with E-state index in [1.807, 2.05) is 0 Å². The van der Waals surface area contributed by atoms with Crippen molar-refractivity contribution < 1.29 is 29.1 Å². The molecule has 2 atom stereocenters. The molecule has 1 aliphatic heterocycles. The molecular weight excluding hydrogens is 263 g/mol. The van der Waals surface area contributed by atoms with Crippen LogP contribution in [0.1, 0.15) is 12.8 Å². The van der Waals surface area contributed by atoms with Gasteiger partial charge in [0.15, 0.2) is 0 Å². The summed E-state index contributed by atoms with van der Waals surface area (Å²) in [6.07, 6.45) is 0.640. The van der Waals surface area contributed by atoms with Gasteiger partial charge < -0.3 is 25.0 Å². The zero-order valence-electron chi connectivity index (χ0n) is 9.94. The summed E-state index contributed by atoms with van der Waals surface area (Å²) in [6, 6.07) is -0.890. The maximum absolute atomic E-state index is 11.1. The summed E-state index contributed by atoms with van der Waals surface area (Å²) in [5, 5.41) is 15.5. The van der Waals surface area contributed by atoms with Crippen molar-refractivity contribution in [3.63, 3.8) is 0 Å². The zero-order chi connectivity index (χ0) is 13.8. The van der Waals surface area contributed by atoms with Crippen molar-refractivity contribution in [2.45, 2.75) is 18.9 Å². The van der Waals surface area contributed by atoms with Crippen molar-refractivity contribution in [3.8, 4) is 0 Å². The monoisotopic (exact) mass is 280 g/mol. The van der Waals surface area contributed by atoms with Crippen LogP contribution in [-0.2, 0) is 14.2 Å². The van der Waals surface area contributed by atoms with Crippen molar-refractivity contribution in [1.82, 2.24) is 5.32 Å². The van der Waals surface area contributed by atoms with E-state index >= 15 is 0 Å². The van der Waals surface area contributed by atoms with Crippen LogP contribution in [0.5, 0.6) is 0 Å². The summed E-state index contributed by atoms with van der Waals surface area (Å²) in [7, 11) is -3.05. The predicted octanol–water partition coefficient (Wildman–Crippen LogP) is -0.381. The summed E-state index contributed by atoms with van der Waals surface area (Å²) in [5.74, 6) is -1.63. The van der Waals surface area contributed by atoms with Gasteiger partial charge in [-0.25, -0.2) is 0 Å². The molecule has 18 heavy (non-hydrogen) atoms. The van der Waals surface area contributed by atoms with E-state index in [4.69, 9.17) is 14.9 Å². The molecule has 104 valence electrons. The van der Waals surface area contributed by atoms with Crippen LogP contribution in [0.2, 0.25) is 0 Å². The lowest BCUT2D eigenvalue weighted by Gasteiger charge is -2.30. The molecule has 1 aliphatic rings. The molecule has 0 aliphatic carbocycles. The molecule has 0 aromatic rings. The highest BCUT2D eigenvalue weighted by Gasteiger charge is 2.36. The quantitative estimate of drug-likeness (QED) is 0.307. The Morgan fingerprint density at radius 1 is 1.56 bits per heavy atom. The Morgan fingerprint density at radius 3 is 2.72 bits per heavy atom. The van der Waals surface area contributed by atoms with E-state index in [-0.39, 0.29) is 5.71 Å². The Balaban J connectivity index is 2.92. The lowest BCUT2D eigenvalue weighted by Crippen LogP contribution is -2.50. The number of nitrogens with one attached hydrogen (secondary N) is 1. The molecule has 9 heteroatoms. The van der Waals surface area contributed by atoms with Crippen LogP contribution in [0.25, 0.3) is 0 Å². The number of nitrogens with zero attached hydrogens (tertiary/aromatic N) is 1. The standard InChI is InChI=1S/C9H17N2O6P/c1-17-11-7(5-18(14,15)16)6-3-2-4-10-8(6)9(12)13/h6,8,10H,2-5H2,1H3,(H,12,13)(H2,14,15,16). The van der Waals surface area contributed by atoms with Crippen LogP contribution < -0.4 is 5.32 Å². The molecule has 1 heterocycles. The Hall–Kier alpha value is -0.950. The highest BCUT2D eigenvalue weighted by Crippen LogP contribution is 2.36.